The summed E-state index contributed by atoms with van der Waals surface area (Å²) in [6.45, 7) is 1.89. The first kappa shape index (κ1) is 13.4. The molecule has 0 amide bonds. The van der Waals surface area contributed by atoms with Crippen molar-refractivity contribution >= 4 is 63.1 Å². The van der Waals surface area contributed by atoms with E-state index in [4.69, 9.17) is 28.9 Å². The Morgan fingerprint density at radius 3 is 2.65 bits per heavy atom. The summed E-state index contributed by atoms with van der Waals surface area (Å²) in [5, 5.41) is 4.05. The van der Waals surface area contributed by atoms with Crippen LogP contribution in [0.5, 0.6) is 0 Å². The van der Waals surface area contributed by atoms with Crippen LogP contribution in [-0.2, 0) is 11.4 Å². The van der Waals surface area contributed by atoms with Crippen LogP contribution in [0.1, 0.15) is 5.56 Å². The molecule has 0 spiro atoms. The highest BCUT2D eigenvalue weighted by molar-refractivity contribution is 7.58. The summed E-state index contributed by atoms with van der Waals surface area (Å²) in [7, 11) is 0. The Balaban J connectivity index is 2.06. The summed E-state index contributed by atoms with van der Waals surface area (Å²) in [5.74, 6) is 0.589. The van der Waals surface area contributed by atoms with Crippen LogP contribution < -0.4 is 11.1 Å². The van der Waals surface area contributed by atoms with Crippen LogP contribution in [0.3, 0.4) is 0 Å². The number of hydrogen-bond acceptors (Lipinski definition) is 5. The molecule has 3 N–H and O–H groups in total. The first-order valence-corrected chi connectivity index (χ1v) is 7.14. The smallest absolute Gasteiger partial charge is 0.132 e. The number of fused-ring (bicyclic) bond motifs is 1. The van der Waals surface area contributed by atoms with E-state index in [1.807, 2.05) is 6.92 Å². The van der Waals surface area contributed by atoms with E-state index in [1.165, 1.54) is 0 Å². The second kappa shape index (κ2) is 5.05. The molecule has 0 radical (unpaired) electrons. The lowest BCUT2D eigenvalue weighted by Gasteiger charge is -2.12. The first-order valence-electron chi connectivity index (χ1n) is 5.65. The number of hydrogen-bond donors (Lipinski definition) is 2. The van der Waals surface area contributed by atoms with Gasteiger partial charge in [0.2, 0.25) is 0 Å². The van der Waals surface area contributed by atoms with Gasteiger partial charge in [-0.25, -0.2) is 4.98 Å². The number of benzene rings is 1. The standard InChI is InChI=1S/C12H9Cl2N5S/c1-5-4-16-9(3-8(5)15)17-10-6(13)2-7(14)11-12(10)19-20-18-11/h2-4H,1H3,(H3,15,16,17). The van der Waals surface area contributed by atoms with Crippen LogP contribution in [0.15, 0.2) is 27.1 Å². The van der Waals surface area contributed by atoms with Crippen molar-refractivity contribution in [1.29, 1.82) is 0 Å². The zero-order chi connectivity index (χ0) is 14.3. The van der Waals surface area contributed by atoms with Gasteiger partial charge in [-0.05, 0) is 18.6 Å². The van der Waals surface area contributed by atoms with Gasteiger partial charge in [0.1, 0.15) is 17.2 Å². The molecule has 1 aliphatic heterocycles. The van der Waals surface area contributed by atoms with Crippen LogP contribution >= 0.6 is 23.2 Å². The topological polar surface area (TPSA) is 75.7 Å². The monoisotopic (exact) mass is 325 g/mol. The number of pyridine rings is 1. The molecule has 1 aliphatic rings. The predicted molar refractivity (Wildman–Crippen MR) is 84.7 cm³/mol. The molecule has 0 atom stereocenters. The van der Waals surface area contributed by atoms with E-state index >= 15 is 0 Å². The molecule has 0 saturated heterocycles. The van der Waals surface area contributed by atoms with Gasteiger partial charge in [-0.3, -0.25) is 0 Å². The van der Waals surface area contributed by atoms with Crippen LogP contribution in [0.4, 0.5) is 28.6 Å². The Hall–Kier alpha value is -1.63. The molecule has 0 unspecified atom stereocenters. The maximum absolute atomic E-state index is 6.22. The molecule has 0 fully saturated rings. The largest absolute Gasteiger partial charge is 0.398 e. The summed E-state index contributed by atoms with van der Waals surface area (Å²) < 4.78 is 8.36. The van der Waals surface area contributed by atoms with Crippen molar-refractivity contribution in [2.24, 2.45) is 8.73 Å². The summed E-state index contributed by atoms with van der Waals surface area (Å²) in [6, 6.07) is 3.37. The first-order chi connectivity index (χ1) is 9.56. The maximum atomic E-state index is 6.22. The fraction of sp³-hybridized carbons (Fsp3) is 0.0833. The van der Waals surface area contributed by atoms with Crippen molar-refractivity contribution < 1.29 is 0 Å². The van der Waals surface area contributed by atoms with E-state index in [0.29, 0.717) is 38.6 Å². The van der Waals surface area contributed by atoms with Crippen LogP contribution in [0.25, 0.3) is 0 Å². The number of nitrogens with two attached hydrogens (primary N) is 1. The minimum absolute atomic E-state index is 0.455. The Morgan fingerprint density at radius 2 is 1.90 bits per heavy atom. The van der Waals surface area contributed by atoms with Crippen molar-refractivity contribution in [3.05, 3.63) is 33.9 Å². The summed E-state index contributed by atoms with van der Waals surface area (Å²) in [5.41, 5.74) is 9.29. The molecule has 0 bridgehead atoms. The maximum Gasteiger partial charge on any atom is 0.132 e. The Morgan fingerprint density at radius 1 is 1.15 bits per heavy atom. The number of nitrogen functional groups attached to an aromatic ring is 1. The number of halogens is 2. The lowest BCUT2D eigenvalue weighted by molar-refractivity contribution is 1.26. The summed E-state index contributed by atoms with van der Waals surface area (Å²) in [4.78, 5) is 4.26. The van der Waals surface area contributed by atoms with Gasteiger partial charge >= 0.3 is 0 Å². The van der Waals surface area contributed by atoms with Crippen molar-refractivity contribution in [2.45, 2.75) is 6.92 Å². The van der Waals surface area contributed by atoms with E-state index in [1.54, 1.807) is 18.3 Å². The van der Waals surface area contributed by atoms with Gasteiger partial charge in [0.05, 0.1) is 27.1 Å². The molecule has 0 saturated carbocycles. The predicted octanol–water partition coefficient (Wildman–Crippen LogP) is 4.75. The third-order valence-corrected chi connectivity index (χ3v) is 3.96. The van der Waals surface area contributed by atoms with Crippen LogP contribution in [0.2, 0.25) is 10.0 Å². The second-order valence-corrected chi connectivity index (χ2v) is 5.57. The minimum atomic E-state index is 0.455. The highest BCUT2D eigenvalue weighted by Gasteiger charge is 2.19. The Bertz CT molecular complexity index is 784. The van der Waals surface area contributed by atoms with Crippen LogP contribution in [-0.4, -0.2) is 4.98 Å². The van der Waals surface area contributed by atoms with Gasteiger partial charge in [0.15, 0.2) is 0 Å². The number of aromatic nitrogens is 1. The molecule has 1 aromatic carbocycles. The van der Waals surface area contributed by atoms with Gasteiger partial charge in [0, 0.05) is 18.0 Å². The SMILES string of the molecule is Cc1cnc(Nc2c(Cl)cc(Cl)c3c2N=S=N3)cc1N. The van der Waals surface area contributed by atoms with E-state index in [0.717, 1.165) is 16.9 Å². The molecule has 8 heteroatoms. The van der Waals surface area contributed by atoms with Gasteiger partial charge in [-0.2, -0.15) is 8.73 Å². The third kappa shape index (κ3) is 2.26. The fourth-order valence-corrected chi connectivity index (χ4v) is 2.89. The molecule has 2 heterocycles. The molecular formula is C12H9Cl2N5S. The highest BCUT2D eigenvalue weighted by atomic mass is 35.5. The third-order valence-electron chi connectivity index (χ3n) is 2.84. The Labute approximate surface area is 129 Å². The molecular weight excluding hydrogens is 317 g/mol. The lowest BCUT2D eigenvalue weighted by Crippen LogP contribution is -1.98. The molecule has 20 heavy (non-hydrogen) atoms. The average molecular weight is 326 g/mol. The number of rotatable bonds is 2. The molecule has 0 aliphatic carbocycles. The molecule has 1 aromatic heterocycles. The molecule has 102 valence electrons. The van der Waals surface area contributed by atoms with E-state index in [9.17, 15) is 0 Å². The molecule has 2 aromatic rings. The van der Waals surface area contributed by atoms with Crippen molar-refractivity contribution in [3.63, 3.8) is 0 Å². The Kier molecular flexibility index (Phi) is 3.37. The highest BCUT2D eigenvalue weighted by Crippen LogP contribution is 2.48. The van der Waals surface area contributed by atoms with E-state index in [-0.39, 0.29) is 0 Å². The number of nitrogens with zero attached hydrogens (tertiary/aromatic N) is 3. The van der Waals surface area contributed by atoms with E-state index < -0.39 is 0 Å². The van der Waals surface area contributed by atoms with Crippen molar-refractivity contribution in [3.8, 4) is 0 Å². The quantitative estimate of drug-likeness (QED) is 0.713. The van der Waals surface area contributed by atoms with Gasteiger partial charge in [-0.15, -0.1) is 0 Å². The fourth-order valence-electron chi connectivity index (χ4n) is 1.73. The van der Waals surface area contributed by atoms with Crippen molar-refractivity contribution in [2.75, 3.05) is 11.1 Å². The number of nitrogens with one attached hydrogen (secondary N) is 1. The molecule has 3 rings (SSSR count). The zero-order valence-electron chi connectivity index (χ0n) is 10.3. The number of aryl methyl sites for hydroxylation is 1. The zero-order valence-corrected chi connectivity index (χ0v) is 12.6. The van der Waals surface area contributed by atoms with E-state index in [2.05, 4.69) is 19.0 Å². The van der Waals surface area contributed by atoms with Gasteiger partial charge in [-0.1, -0.05) is 23.2 Å². The van der Waals surface area contributed by atoms with Gasteiger partial charge < -0.3 is 11.1 Å². The average Bonchev–Trinajstić information content (AvgIpc) is 2.88. The normalized spacial score (nSPS) is 12.2. The van der Waals surface area contributed by atoms with Crippen LogP contribution in [0, 0.1) is 6.92 Å². The van der Waals surface area contributed by atoms with Crippen molar-refractivity contribution in [1.82, 2.24) is 4.98 Å². The molecule has 5 nitrogen and oxygen atoms in total. The second-order valence-electron chi connectivity index (χ2n) is 4.23. The minimum Gasteiger partial charge on any atom is -0.398 e. The summed E-state index contributed by atoms with van der Waals surface area (Å²) in [6.07, 6.45) is 1.69. The van der Waals surface area contributed by atoms with Gasteiger partial charge in [0.25, 0.3) is 0 Å². The number of anilines is 3. The summed E-state index contributed by atoms with van der Waals surface area (Å²) >= 11 is 13.4. The lowest BCUT2D eigenvalue weighted by atomic mass is 10.2.